The Morgan fingerprint density at radius 3 is 2.32 bits per heavy atom. The van der Waals surface area contributed by atoms with Gasteiger partial charge in [0.25, 0.3) is 5.92 Å². The summed E-state index contributed by atoms with van der Waals surface area (Å²) in [4.78, 5) is 12.5. The number of amides is 1. The molecule has 1 fully saturated rings. The number of halogens is 2. The van der Waals surface area contributed by atoms with E-state index in [0.717, 1.165) is 4.90 Å². The molecule has 1 amide bonds. The van der Waals surface area contributed by atoms with Crippen molar-refractivity contribution in [2.75, 3.05) is 0 Å². The van der Waals surface area contributed by atoms with Crippen molar-refractivity contribution in [2.45, 2.75) is 50.6 Å². The SMILES string of the molecule is CC(C)(C)N(C(=O)O)C1(c2nnn[nH]2)CC(F)(F)C1. The minimum absolute atomic E-state index is 0.0516. The fourth-order valence-corrected chi connectivity index (χ4v) is 2.70. The molecule has 0 aliphatic heterocycles. The molecule has 2 N–H and O–H groups in total. The number of rotatable bonds is 2. The Kier molecular flexibility index (Phi) is 2.76. The molecule has 1 aromatic rings. The van der Waals surface area contributed by atoms with Crippen molar-refractivity contribution in [3.8, 4) is 0 Å². The van der Waals surface area contributed by atoms with Crippen molar-refractivity contribution < 1.29 is 18.7 Å². The summed E-state index contributed by atoms with van der Waals surface area (Å²) in [5.74, 6) is -2.86. The molecule has 0 aromatic carbocycles. The third-order valence-corrected chi connectivity index (χ3v) is 3.18. The molecule has 106 valence electrons. The molecule has 0 bridgehead atoms. The monoisotopic (exact) mass is 275 g/mol. The van der Waals surface area contributed by atoms with Crippen LogP contribution in [0.3, 0.4) is 0 Å². The summed E-state index contributed by atoms with van der Waals surface area (Å²) < 4.78 is 26.7. The highest BCUT2D eigenvalue weighted by Crippen LogP contribution is 2.55. The highest BCUT2D eigenvalue weighted by molar-refractivity contribution is 5.68. The molecule has 1 heterocycles. The smallest absolute Gasteiger partial charge is 0.408 e. The van der Waals surface area contributed by atoms with Gasteiger partial charge in [0, 0.05) is 18.4 Å². The number of nitrogens with zero attached hydrogens (tertiary/aromatic N) is 4. The fraction of sp³-hybridized carbons (Fsp3) is 0.800. The molecule has 2 rings (SSSR count). The molecule has 1 aliphatic carbocycles. The summed E-state index contributed by atoms with van der Waals surface area (Å²) in [6.45, 7) is 4.93. The van der Waals surface area contributed by atoms with E-state index >= 15 is 0 Å². The van der Waals surface area contributed by atoms with Gasteiger partial charge in [0.2, 0.25) is 0 Å². The molecule has 0 spiro atoms. The first kappa shape index (κ1) is 13.6. The van der Waals surface area contributed by atoms with Crippen LogP contribution in [-0.2, 0) is 5.54 Å². The minimum atomic E-state index is -2.91. The number of carbonyl (C=O) groups is 1. The number of aromatic nitrogens is 4. The molecule has 19 heavy (non-hydrogen) atoms. The third-order valence-electron chi connectivity index (χ3n) is 3.18. The molecule has 0 atom stereocenters. The second kappa shape index (κ2) is 3.84. The quantitative estimate of drug-likeness (QED) is 0.854. The number of H-pyrrole nitrogens is 1. The Bertz CT molecular complexity index is 475. The largest absolute Gasteiger partial charge is 0.465 e. The lowest BCUT2D eigenvalue weighted by Gasteiger charge is -2.55. The highest BCUT2D eigenvalue weighted by Gasteiger charge is 2.65. The Hall–Kier alpha value is -1.80. The molecule has 0 radical (unpaired) electrons. The number of alkyl halides is 2. The maximum absolute atomic E-state index is 13.3. The molecule has 1 saturated carbocycles. The van der Waals surface area contributed by atoms with Crippen molar-refractivity contribution >= 4 is 6.09 Å². The number of hydrogen-bond donors (Lipinski definition) is 2. The second-order valence-corrected chi connectivity index (χ2v) is 5.78. The molecule has 7 nitrogen and oxygen atoms in total. The van der Waals surface area contributed by atoms with E-state index in [1.807, 2.05) is 0 Å². The average Bonchev–Trinajstić information content (AvgIpc) is 2.62. The van der Waals surface area contributed by atoms with Crippen LogP contribution in [0.4, 0.5) is 13.6 Å². The van der Waals surface area contributed by atoms with Gasteiger partial charge in [-0.1, -0.05) is 0 Å². The predicted molar refractivity (Wildman–Crippen MR) is 59.7 cm³/mol. The minimum Gasteiger partial charge on any atom is -0.465 e. The Labute approximate surface area is 108 Å². The summed E-state index contributed by atoms with van der Waals surface area (Å²) >= 11 is 0. The van der Waals surface area contributed by atoms with Gasteiger partial charge in [-0.15, -0.1) is 5.10 Å². The van der Waals surface area contributed by atoms with Gasteiger partial charge in [0.15, 0.2) is 5.82 Å². The van der Waals surface area contributed by atoms with Gasteiger partial charge in [0.05, 0.1) is 0 Å². The summed E-state index contributed by atoms with van der Waals surface area (Å²) in [7, 11) is 0. The van der Waals surface area contributed by atoms with Crippen LogP contribution in [0.1, 0.15) is 39.4 Å². The van der Waals surface area contributed by atoms with Crippen LogP contribution in [0.25, 0.3) is 0 Å². The zero-order chi connectivity index (χ0) is 14.5. The molecular weight excluding hydrogens is 260 g/mol. The van der Waals surface area contributed by atoms with E-state index in [1.54, 1.807) is 20.8 Å². The van der Waals surface area contributed by atoms with Crippen LogP contribution in [0.5, 0.6) is 0 Å². The van der Waals surface area contributed by atoms with Gasteiger partial charge in [-0.05, 0) is 31.2 Å². The first-order valence-electron chi connectivity index (χ1n) is 5.74. The summed E-state index contributed by atoms with van der Waals surface area (Å²) in [5, 5.41) is 22.1. The van der Waals surface area contributed by atoms with Crippen LogP contribution in [0, 0.1) is 0 Å². The van der Waals surface area contributed by atoms with Crippen molar-refractivity contribution in [3.63, 3.8) is 0 Å². The van der Waals surface area contributed by atoms with E-state index in [9.17, 15) is 18.7 Å². The number of nitrogens with one attached hydrogen (secondary N) is 1. The van der Waals surface area contributed by atoms with Crippen molar-refractivity contribution in [1.29, 1.82) is 0 Å². The van der Waals surface area contributed by atoms with Gasteiger partial charge in [-0.2, -0.15) is 0 Å². The first-order chi connectivity index (χ1) is 8.58. The van der Waals surface area contributed by atoms with Crippen LogP contribution in [0.2, 0.25) is 0 Å². The first-order valence-corrected chi connectivity index (χ1v) is 5.74. The van der Waals surface area contributed by atoms with E-state index in [2.05, 4.69) is 20.6 Å². The normalized spacial score (nSPS) is 20.7. The maximum atomic E-state index is 13.3. The van der Waals surface area contributed by atoms with Crippen LogP contribution in [-0.4, -0.2) is 48.2 Å². The lowest BCUT2D eigenvalue weighted by molar-refractivity contribution is -0.190. The predicted octanol–water partition coefficient (Wildman–Crippen LogP) is 1.60. The van der Waals surface area contributed by atoms with Crippen LogP contribution >= 0.6 is 0 Å². The van der Waals surface area contributed by atoms with E-state index in [-0.39, 0.29) is 5.82 Å². The number of carboxylic acid groups (broad SMARTS) is 1. The molecular formula is C10H15F2N5O2. The lowest BCUT2D eigenvalue weighted by atomic mass is 9.70. The van der Waals surface area contributed by atoms with Crippen LogP contribution < -0.4 is 0 Å². The molecule has 1 aliphatic rings. The van der Waals surface area contributed by atoms with E-state index in [0.29, 0.717) is 0 Å². The Morgan fingerprint density at radius 1 is 1.42 bits per heavy atom. The van der Waals surface area contributed by atoms with E-state index in [1.165, 1.54) is 0 Å². The number of aromatic amines is 1. The topological polar surface area (TPSA) is 95.0 Å². The number of hydrogen-bond acceptors (Lipinski definition) is 4. The molecule has 1 aromatic heterocycles. The van der Waals surface area contributed by atoms with Crippen molar-refractivity contribution in [1.82, 2.24) is 25.5 Å². The van der Waals surface area contributed by atoms with E-state index < -0.39 is 35.9 Å². The van der Waals surface area contributed by atoms with Crippen LogP contribution in [0.15, 0.2) is 0 Å². The summed E-state index contributed by atoms with van der Waals surface area (Å²) in [6.07, 6.45) is -2.53. The maximum Gasteiger partial charge on any atom is 0.408 e. The standard InChI is InChI=1S/C10H15F2N5O2/c1-8(2,3)17(7(18)19)9(4-10(11,12)5-9)6-13-15-16-14-6/h4-5H2,1-3H3,(H,18,19)(H,13,14,15,16). The Morgan fingerprint density at radius 2 is 2.00 bits per heavy atom. The third kappa shape index (κ3) is 2.13. The van der Waals surface area contributed by atoms with Gasteiger partial charge in [-0.25, -0.2) is 18.7 Å². The molecule has 0 unspecified atom stereocenters. The van der Waals surface area contributed by atoms with Gasteiger partial charge in [-0.3, -0.25) is 4.90 Å². The molecule has 9 heteroatoms. The lowest BCUT2D eigenvalue weighted by Crippen LogP contribution is -2.66. The van der Waals surface area contributed by atoms with Gasteiger partial charge >= 0.3 is 6.09 Å². The zero-order valence-electron chi connectivity index (χ0n) is 10.8. The second-order valence-electron chi connectivity index (χ2n) is 5.78. The fourth-order valence-electron chi connectivity index (χ4n) is 2.70. The van der Waals surface area contributed by atoms with Crippen molar-refractivity contribution in [3.05, 3.63) is 5.82 Å². The van der Waals surface area contributed by atoms with Crippen molar-refractivity contribution in [2.24, 2.45) is 0 Å². The average molecular weight is 275 g/mol. The van der Waals surface area contributed by atoms with Gasteiger partial charge < -0.3 is 5.11 Å². The van der Waals surface area contributed by atoms with E-state index in [4.69, 9.17) is 0 Å². The van der Waals surface area contributed by atoms with Gasteiger partial charge in [0.1, 0.15) is 5.54 Å². The Balaban J connectivity index is 2.48. The summed E-state index contributed by atoms with van der Waals surface area (Å²) in [6, 6.07) is 0. The molecule has 0 saturated heterocycles. The zero-order valence-corrected chi connectivity index (χ0v) is 10.8. The highest BCUT2D eigenvalue weighted by atomic mass is 19.3. The summed E-state index contributed by atoms with van der Waals surface area (Å²) in [5.41, 5.74) is -2.26. The number of tetrazole rings is 1.